The molecular weight excluding hydrogens is 437 g/mol. The Balaban J connectivity index is 1.28. The van der Waals surface area contributed by atoms with E-state index in [4.69, 9.17) is 14.0 Å². The Labute approximate surface area is 181 Å². The van der Waals surface area contributed by atoms with Gasteiger partial charge in [0.25, 0.3) is 17.0 Å². The second kappa shape index (κ2) is 10.8. The number of alkyl halides is 3. The summed E-state index contributed by atoms with van der Waals surface area (Å²) in [4.78, 5) is 19.3. The van der Waals surface area contributed by atoms with Crippen molar-refractivity contribution in [1.29, 1.82) is 0 Å². The lowest BCUT2D eigenvalue weighted by Gasteiger charge is -2.19. The van der Waals surface area contributed by atoms with Gasteiger partial charge in [-0.2, -0.15) is 13.2 Å². The van der Waals surface area contributed by atoms with Gasteiger partial charge in [0.1, 0.15) is 5.76 Å². The number of ether oxygens (including phenoxy) is 2. The van der Waals surface area contributed by atoms with Gasteiger partial charge in [0.2, 0.25) is 0 Å². The second-order valence-electron chi connectivity index (χ2n) is 7.22. The van der Waals surface area contributed by atoms with E-state index >= 15 is 0 Å². The molecule has 0 radical (unpaired) electrons. The molecule has 0 saturated heterocycles. The predicted molar refractivity (Wildman–Crippen MR) is 106 cm³/mol. The highest BCUT2D eigenvalue weighted by Gasteiger charge is 2.29. The van der Waals surface area contributed by atoms with Crippen LogP contribution in [0.2, 0.25) is 0 Å². The van der Waals surface area contributed by atoms with Gasteiger partial charge in [-0.1, -0.05) is 11.3 Å². The molecule has 0 unspecified atom stereocenters. The van der Waals surface area contributed by atoms with Crippen LogP contribution in [0.3, 0.4) is 0 Å². The molecule has 31 heavy (non-hydrogen) atoms. The van der Waals surface area contributed by atoms with E-state index in [0.29, 0.717) is 18.7 Å². The van der Waals surface area contributed by atoms with Gasteiger partial charge in [0.05, 0.1) is 5.69 Å². The molecule has 3 heterocycles. The highest BCUT2D eigenvalue weighted by molar-refractivity contribution is 7.13. The molecule has 0 aliphatic carbocycles. The van der Waals surface area contributed by atoms with Crippen molar-refractivity contribution in [2.75, 3.05) is 39.4 Å². The molecule has 1 amide bonds. The summed E-state index contributed by atoms with van der Waals surface area (Å²) in [6.45, 7) is 3.39. The van der Waals surface area contributed by atoms with Gasteiger partial charge in [-0.05, 0) is 37.9 Å². The molecule has 1 aliphatic heterocycles. The Morgan fingerprint density at radius 3 is 2.84 bits per heavy atom. The fourth-order valence-corrected chi connectivity index (χ4v) is 4.05. The second-order valence-corrected chi connectivity index (χ2v) is 8.26. The van der Waals surface area contributed by atoms with Crippen LogP contribution in [0.4, 0.5) is 13.2 Å². The van der Waals surface area contributed by atoms with Crippen molar-refractivity contribution >= 4 is 17.2 Å². The quantitative estimate of drug-likeness (QED) is 0.543. The van der Waals surface area contributed by atoms with Gasteiger partial charge in [-0.3, -0.25) is 4.79 Å². The third kappa shape index (κ3) is 8.02. The molecule has 0 saturated carbocycles. The van der Waals surface area contributed by atoms with Crippen LogP contribution in [0.15, 0.2) is 10.6 Å². The van der Waals surface area contributed by atoms with E-state index in [1.165, 1.54) is 11.3 Å². The Bertz CT molecular complexity index is 830. The summed E-state index contributed by atoms with van der Waals surface area (Å²) in [6, 6.07) is 1.61. The molecule has 0 aromatic carbocycles. The first-order valence-corrected chi connectivity index (χ1v) is 10.8. The number of aromatic nitrogens is 2. The molecule has 12 heteroatoms. The monoisotopic (exact) mass is 462 g/mol. The van der Waals surface area contributed by atoms with E-state index in [1.807, 2.05) is 0 Å². The van der Waals surface area contributed by atoms with E-state index in [0.717, 1.165) is 49.5 Å². The molecule has 0 atom stereocenters. The number of hydrogen-bond acceptors (Lipinski definition) is 8. The van der Waals surface area contributed by atoms with Crippen LogP contribution in [0.1, 0.15) is 29.2 Å². The number of aryl methyl sites for hydroxylation is 1. The number of rotatable bonds is 10. The van der Waals surface area contributed by atoms with Crippen LogP contribution in [-0.2, 0) is 17.6 Å². The summed E-state index contributed by atoms with van der Waals surface area (Å²) >= 11 is 1.20. The number of hydrogen-bond donors (Lipinski definition) is 1. The fourth-order valence-electron chi connectivity index (χ4n) is 3.11. The third-order valence-corrected chi connectivity index (χ3v) is 5.69. The number of halogens is 3. The van der Waals surface area contributed by atoms with E-state index in [9.17, 15) is 18.0 Å². The normalized spacial score (nSPS) is 14.7. The first-order valence-electron chi connectivity index (χ1n) is 10.0. The van der Waals surface area contributed by atoms with Gasteiger partial charge in [-0.25, -0.2) is 4.98 Å². The van der Waals surface area contributed by atoms with Crippen molar-refractivity contribution in [3.05, 3.63) is 22.4 Å². The van der Waals surface area contributed by atoms with Crippen molar-refractivity contribution in [1.82, 2.24) is 20.4 Å². The lowest BCUT2D eigenvalue weighted by Crippen LogP contribution is -2.31. The van der Waals surface area contributed by atoms with Gasteiger partial charge in [-0.15, -0.1) is 0 Å². The first kappa shape index (κ1) is 23.3. The molecule has 0 fully saturated rings. The number of amides is 1. The summed E-state index contributed by atoms with van der Waals surface area (Å²) in [6.07, 6.45) is -1.16. The number of unbranched alkanes of at least 4 members (excludes halogenated alkanes) is 1. The lowest BCUT2D eigenvalue weighted by molar-refractivity contribution is -0.153. The zero-order valence-electron chi connectivity index (χ0n) is 17.2. The Morgan fingerprint density at radius 2 is 2.10 bits per heavy atom. The van der Waals surface area contributed by atoms with Crippen molar-refractivity contribution < 1.29 is 32.0 Å². The largest absolute Gasteiger partial charge is 0.465 e. The van der Waals surface area contributed by atoms with Crippen LogP contribution in [0.5, 0.6) is 11.1 Å². The molecule has 172 valence electrons. The van der Waals surface area contributed by atoms with Crippen LogP contribution < -0.4 is 14.8 Å². The minimum Gasteiger partial charge on any atom is -0.465 e. The van der Waals surface area contributed by atoms with Crippen LogP contribution in [-0.4, -0.2) is 66.5 Å². The Kier molecular flexibility index (Phi) is 8.13. The van der Waals surface area contributed by atoms with Crippen molar-refractivity contribution in [2.24, 2.45) is 0 Å². The topological polar surface area (TPSA) is 89.7 Å². The Hall–Kier alpha value is -2.34. The molecular formula is C19H25F3N4O4S. The van der Waals surface area contributed by atoms with Crippen LogP contribution >= 0.6 is 11.3 Å². The number of thiazole rings is 1. The van der Waals surface area contributed by atoms with Gasteiger partial charge in [0, 0.05) is 37.0 Å². The molecule has 2 aromatic heterocycles. The molecule has 2 aromatic rings. The fraction of sp³-hybridized carbons (Fsp3) is 0.632. The molecule has 1 N–H and O–H groups in total. The number of carbonyl (C=O) groups excluding carboxylic acids is 1. The summed E-state index contributed by atoms with van der Waals surface area (Å²) in [5.41, 5.74) is 0.833. The average Bonchev–Trinajstić information content (AvgIpc) is 3.26. The Morgan fingerprint density at radius 1 is 1.29 bits per heavy atom. The number of nitrogens with zero attached hydrogens (tertiary/aromatic N) is 3. The number of fused-ring (bicyclic) bond motifs is 1. The highest BCUT2D eigenvalue weighted by Crippen LogP contribution is 2.29. The van der Waals surface area contributed by atoms with E-state index in [-0.39, 0.29) is 23.6 Å². The SMILES string of the molecule is Cc1cc(OCC(=O)NCCCCN2CCc3nc(OCC(F)(F)F)sc3CC2)no1. The maximum Gasteiger partial charge on any atom is 0.422 e. The van der Waals surface area contributed by atoms with E-state index in [1.54, 1.807) is 13.0 Å². The maximum absolute atomic E-state index is 12.3. The number of nitrogens with one attached hydrogen (secondary N) is 1. The minimum atomic E-state index is -4.36. The molecule has 0 spiro atoms. The van der Waals surface area contributed by atoms with Gasteiger partial charge < -0.3 is 24.2 Å². The summed E-state index contributed by atoms with van der Waals surface area (Å²) < 4.78 is 51.7. The number of carbonyl (C=O) groups is 1. The molecule has 0 bridgehead atoms. The third-order valence-electron chi connectivity index (χ3n) is 4.62. The molecule has 3 rings (SSSR count). The zero-order valence-corrected chi connectivity index (χ0v) is 18.0. The van der Waals surface area contributed by atoms with Gasteiger partial charge >= 0.3 is 6.18 Å². The van der Waals surface area contributed by atoms with E-state index < -0.39 is 12.8 Å². The van der Waals surface area contributed by atoms with Crippen LogP contribution in [0.25, 0.3) is 0 Å². The summed E-state index contributed by atoms with van der Waals surface area (Å²) in [7, 11) is 0. The van der Waals surface area contributed by atoms with Crippen molar-refractivity contribution in [3.8, 4) is 11.1 Å². The van der Waals surface area contributed by atoms with Crippen LogP contribution in [0, 0.1) is 6.92 Å². The predicted octanol–water partition coefficient (Wildman–Crippen LogP) is 2.76. The maximum atomic E-state index is 12.3. The molecule has 1 aliphatic rings. The van der Waals surface area contributed by atoms with Crippen molar-refractivity contribution in [2.45, 2.75) is 38.8 Å². The van der Waals surface area contributed by atoms with Gasteiger partial charge in [0.15, 0.2) is 13.2 Å². The van der Waals surface area contributed by atoms with Crippen molar-refractivity contribution in [3.63, 3.8) is 0 Å². The lowest BCUT2D eigenvalue weighted by atomic mass is 10.2. The summed E-state index contributed by atoms with van der Waals surface area (Å²) in [5, 5.41) is 6.55. The zero-order chi connectivity index (χ0) is 22.3. The first-order chi connectivity index (χ1) is 14.8. The average molecular weight is 462 g/mol. The summed E-state index contributed by atoms with van der Waals surface area (Å²) in [5.74, 6) is 0.690. The smallest absolute Gasteiger partial charge is 0.422 e. The standard InChI is InChI=1S/C19H25F3N4O4S/c1-13-10-17(25-30-13)28-11-16(27)23-6-2-3-7-26-8-4-14-15(5-9-26)31-18(24-14)29-12-19(20,21)22/h10H,2-9,11-12H2,1H3,(H,23,27). The highest BCUT2D eigenvalue weighted by atomic mass is 32.1. The van der Waals surface area contributed by atoms with E-state index in [2.05, 4.69) is 20.4 Å². The minimum absolute atomic E-state index is 0.0918. The molecule has 8 nitrogen and oxygen atoms in total.